The molecule has 0 fully saturated rings. The smallest absolute Gasteiger partial charge is 0.137 e. The monoisotopic (exact) mass is 369 g/mol. The zero-order chi connectivity index (χ0) is 15.0. The molecule has 0 spiro atoms. The Morgan fingerprint density at radius 2 is 2.10 bits per heavy atom. The summed E-state index contributed by atoms with van der Waals surface area (Å²) in [7, 11) is 1.91. The van der Waals surface area contributed by atoms with E-state index in [2.05, 4.69) is 21.2 Å². The van der Waals surface area contributed by atoms with Crippen LogP contribution in [0.15, 0.2) is 40.9 Å². The zero-order valence-corrected chi connectivity index (χ0v) is 13.7. The van der Waals surface area contributed by atoms with Crippen molar-refractivity contribution in [3.8, 4) is 5.75 Å². The minimum atomic E-state index is -0.271. The molecule has 2 nitrogen and oxygen atoms in total. The summed E-state index contributed by atoms with van der Waals surface area (Å²) in [6.45, 7) is 0. The first kappa shape index (κ1) is 14.8. The van der Waals surface area contributed by atoms with E-state index in [0.29, 0.717) is 9.50 Å². The Morgan fingerprint density at radius 1 is 1.29 bits per heavy atom. The van der Waals surface area contributed by atoms with Crippen LogP contribution >= 0.6 is 27.5 Å². The van der Waals surface area contributed by atoms with Crippen LogP contribution in [0.25, 0.3) is 0 Å². The third kappa shape index (κ3) is 2.93. The van der Waals surface area contributed by atoms with E-state index in [1.165, 1.54) is 6.07 Å². The van der Waals surface area contributed by atoms with Gasteiger partial charge in [0.2, 0.25) is 0 Å². The predicted octanol–water partition coefficient (Wildman–Crippen LogP) is 5.03. The molecule has 0 amide bonds. The number of hydrogen-bond acceptors (Lipinski definition) is 2. The number of ether oxygens (including phenoxy) is 1. The van der Waals surface area contributed by atoms with Crippen molar-refractivity contribution in [1.29, 1.82) is 0 Å². The fraction of sp³-hybridized carbons (Fsp3) is 0.250. The Balaban J connectivity index is 1.96. The average Bonchev–Trinajstić information content (AvgIpc) is 2.49. The van der Waals surface area contributed by atoms with Gasteiger partial charge in [0.1, 0.15) is 17.7 Å². The maximum Gasteiger partial charge on any atom is 0.137 e. The number of fused-ring (bicyclic) bond motifs is 1. The van der Waals surface area contributed by atoms with Crippen LogP contribution in [0.3, 0.4) is 0 Å². The highest BCUT2D eigenvalue weighted by Gasteiger charge is 2.28. The summed E-state index contributed by atoms with van der Waals surface area (Å²) in [5.41, 5.74) is 2.01. The van der Waals surface area contributed by atoms with Gasteiger partial charge in [-0.25, -0.2) is 4.39 Å². The quantitative estimate of drug-likeness (QED) is 0.801. The molecule has 0 aliphatic carbocycles. The van der Waals surface area contributed by atoms with Gasteiger partial charge in [0.15, 0.2) is 0 Å². The zero-order valence-electron chi connectivity index (χ0n) is 11.4. The van der Waals surface area contributed by atoms with Crippen molar-refractivity contribution in [3.63, 3.8) is 0 Å². The Bertz CT molecular complexity index is 679. The third-order valence-corrected chi connectivity index (χ3v) is 4.57. The first-order chi connectivity index (χ1) is 10.1. The first-order valence-electron chi connectivity index (χ1n) is 6.67. The van der Waals surface area contributed by atoms with Crippen LogP contribution in [0.4, 0.5) is 4.39 Å². The van der Waals surface area contributed by atoms with Gasteiger partial charge in [-0.2, -0.15) is 0 Å². The van der Waals surface area contributed by atoms with E-state index in [-0.39, 0.29) is 18.0 Å². The number of rotatable bonds is 2. The standard InChI is InChI=1S/C16H14BrClFNO/c1-20-14-8-16(9-2-4-13(19)12(17)6-9)21-15-5-3-10(18)7-11(14)15/h2-7,14,16,20H,8H2,1H3. The molecule has 2 atom stereocenters. The summed E-state index contributed by atoms with van der Waals surface area (Å²) in [5, 5.41) is 3.98. The van der Waals surface area contributed by atoms with E-state index in [1.54, 1.807) is 12.1 Å². The van der Waals surface area contributed by atoms with E-state index in [0.717, 1.165) is 23.3 Å². The molecule has 0 bridgehead atoms. The summed E-state index contributed by atoms with van der Waals surface area (Å²) in [6.07, 6.45) is 0.648. The van der Waals surface area contributed by atoms with Crippen LogP contribution in [0.2, 0.25) is 5.02 Å². The van der Waals surface area contributed by atoms with E-state index in [1.807, 2.05) is 25.2 Å². The van der Waals surface area contributed by atoms with Crippen molar-refractivity contribution in [3.05, 3.63) is 62.8 Å². The summed E-state index contributed by atoms with van der Waals surface area (Å²) in [6, 6.07) is 10.8. The van der Waals surface area contributed by atoms with Gasteiger partial charge in [0.05, 0.1) is 4.47 Å². The number of benzene rings is 2. The van der Waals surface area contributed by atoms with Crippen LogP contribution in [0, 0.1) is 5.82 Å². The lowest BCUT2D eigenvalue weighted by molar-refractivity contribution is 0.154. The molecule has 0 saturated carbocycles. The minimum absolute atomic E-state index is 0.118. The van der Waals surface area contributed by atoms with Crippen LogP contribution in [-0.2, 0) is 0 Å². The third-order valence-electron chi connectivity index (χ3n) is 3.73. The molecule has 2 unspecified atom stereocenters. The molecule has 2 aromatic carbocycles. The maximum absolute atomic E-state index is 13.4. The van der Waals surface area contributed by atoms with Crippen molar-refractivity contribution in [2.45, 2.75) is 18.6 Å². The average molecular weight is 371 g/mol. The van der Waals surface area contributed by atoms with Gasteiger partial charge in [-0.05, 0) is 58.9 Å². The van der Waals surface area contributed by atoms with E-state index in [4.69, 9.17) is 16.3 Å². The highest BCUT2D eigenvalue weighted by molar-refractivity contribution is 9.10. The lowest BCUT2D eigenvalue weighted by Gasteiger charge is -2.32. The van der Waals surface area contributed by atoms with Crippen molar-refractivity contribution in [2.75, 3.05) is 7.05 Å². The highest BCUT2D eigenvalue weighted by atomic mass is 79.9. The van der Waals surface area contributed by atoms with Gasteiger partial charge in [-0.3, -0.25) is 0 Å². The second kappa shape index (κ2) is 5.95. The van der Waals surface area contributed by atoms with Gasteiger partial charge in [-0.15, -0.1) is 0 Å². The summed E-state index contributed by atoms with van der Waals surface area (Å²) >= 11 is 9.28. The van der Waals surface area contributed by atoms with Gasteiger partial charge >= 0.3 is 0 Å². The number of halogens is 3. The molecular weight excluding hydrogens is 357 g/mol. The molecule has 1 aliphatic heterocycles. The molecule has 21 heavy (non-hydrogen) atoms. The number of hydrogen-bond donors (Lipinski definition) is 1. The Labute approximate surface area is 136 Å². The van der Waals surface area contributed by atoms with Crippen LogP contribution in [0.5, 0.6) is 5.75 Å². The van der Waals surface area contributed by atoms with Crippen LogP contribution in [0.1, 0.15) is 29.7 Å². The topological polar surface area (TPSA) is 21.3 Å². The molecule has 3 rings (SSSR count). The molecule has 0 saturated heterocycles. The fourth-order valence-corrected chi connectivity index (χ4v) is 3.21. The Hall–Kier alpha value is -1.10. The molecule has 0 radical (unpaired) electrons. The molecule has 110 valence electrons. The second-order valence-corrected chi connectivity index (χ2v) is 6.33. The molecule has 1 aliphatic rings. The summed E-state index contributed by atoms with van der Waals surface area (Å²) < 4.78 is 19.9. The lowest BCUT2D eigenvalue weighted by atomic mass is 9.93. The van der Waals surface area contributed by atoms with Gasteiger partial charge < -0.3 is 10.1 Å². The summed E-state index contributed by atoms with van der Waals surface area (Å²) in [4.78, 5) is 0. The van der Waals surface area contributed by atoms with Gasteiger partial charge in [-0.1, -0.05) is 17.7 Å². The van der Waals surface area contributed by atoms with Crippen LogP contribution in [-0.4, -0.2) is 7.05 Å². The van der Waals surface area contributed by atoms with Crippen molar-refractivity contribution in [2.24, 2.45) is 0 Å². The van der Waals surface area contributed by atoms with E-state index < -0.39 is 0 Å². The van der Waals surface area contributed by atoms with Crippen molar-refractivity contribution < 1.29 is 9.13 Å². The largest absolute Gasteiger partial charge is 0.485 e. The highest BCUT2D eigenvalue weighted by Crippen LogP contribution is 2.42. The molecular formula is C16H14BrClFNO. The normalized spacial score (nSPS) is 20.8. The van der Waals surface area contributed by atoms with Crippen molar-refractivity contribution >= 4 is 27.5 Å². The van der Waals surface area contributed by atoms with E-state index >= 15 is 0 Å². The molecule has 1 heterocycles. The predicted molar refractivity (Wildman–Crippen MR) is 85.3 cm³/mol. The maximum atomic E-state index is 13.4. The molecule has 2 aromatic rings. The fourth-order valence-electron chi connectivity index (χ4n) is 2.63. The van der Waals surface area contributed by atoms with Crippen LogP contribution < -0.4 is 10.1 Å². The van der Waals surface area contributed by atoms with Crippen molar-refractivity contribution in [1.82, 2.24) is 5.32 Å². The molecule has 0 aromatic heterocycles. The lowest BCUT2D eigenvalue weighted by Crippen LogP contribution is -2.26. The second-order valence-electron chi connectivity index (χ2n) is 5.04. The molecule has 5 heteroatoms. The van der Waals surface area contributed by atoms with Gasteiger partial charge in [0, 0.05) is 23.0 Å². The number of nitrogens with one attached hydrogen (secondary N) is 1. The first-order valence-corrected chi connectivity index (χ1v) is 7.84. The SMILES string of the molecule is CNC1CC(c2ccc(F)c(Br)c2)Oc2ccc(Cl)cc21. The van der Waals surface area contributed by atoms with Gasteiger partial charge in [0.25, 0.3) is 0 Å². The minimum Gasteiger partial charge on any atom is -0.485 e. The summed E-state index contributed by atoms with van der Waals surface area (Å²) in [5.74, 6) is 0.544. The van der Waals surface area contributed by atoms with E-state index in [9.17, 15) is 4.39 Å². The Kier molecular flexibility index (Phi) is 4.20. The Morgan fingerprint density at radius 3 is 2.81 bits per heavy atom. The molecule has 1 N–H and O–H groups in total.